The first-order valence-electron chi connectivity index (χ1n) is 8.62. The topological polar surface area (TPSA) is 89.9 Å². The van der Waals surface area contributed by atoms with Gasteiger partial charge in [-0.05, 0) is 23.3 Å². The van der Waals surface area contributed by atoms with E-state index >= 15 is 4.39 Å². The first kappa shape index (κ1) is 18.8. The highest BCUT2D eigenvalue weighted by molar-refractivity contribution is 5.87. The minimum atomic E-state index is -1.89. The number of hydrogen-bond donors (Lipinski definition) is 3. The fourth-order valence-electron chi connectivity index (χ4n) is 3.34. The zero-order chi connectivity index (χ0) is 19.4. The molecule has 0 radical (unpaired) electrons. The lowest BCUT2D eigenvalue weighted by Gasteiger charge is -2.23. The predicted octanol–water partition coefficient (Wildman–Crippen LogP) is 2.39. The number of carbonyl (C=O) groups is 2. The summed E-state index contributed by atoms with van der Waals surface area (Å²) in [4.78, 5) is 24.7. The van der Waals surface area contributed by atoms with E-state index in [1.165, 1.54) is 17.0 Å². The highest BCUT2D eigenvalue weighted by Gasteiger charge is 2.49. The van der Waals surface area contributed by atoms with Gasteiger partial charge in [-0.25, -0.2) is 14.0 Å². The quantitative estimate of drug-likeness (QED) is 0.752. The molecule has 1 heterocycles. The van der Waals surface area contributed by atoms with Gasteiger partial charge in [0.15, 0.2) is 5.67 Å². The smallest absolute Gasteiger partial charge is 0.335 e. The van der Waals surface area contributed by atoms with Gasteiger partial charge in [-0.3, -0.25) is 0 Å². The van der Waals surface area contributed by atoms with Crippen LogP contribution >= 0.6 is 0 Å². The number of amides is 2. The highest BCUT2D eigenvalue weighted by Crippen LogP contribution is 2.38. The number of hydrogen-bond acceptors (Lipinski definition) is 3. The summed E-state index contributed by atoms with van der Waals surface area (Å²) in [5.74, 6) is -1.61. The Morgan fingerprint density at radius 2 is 1.81 bits per heavy atom. The van der Waals surface area contributed by atoms with Crippen molar-refractivity contribution in [1.29, 1.82) is 0 Å². The normalized spacial score (nSPS) is 21.9. The molecule has 1 aliphatic rings. The molecule has 0 aromatic heterocycles. The summed E-state index contributed by atoms with van der Waals surface area (Å²) >= 11 is 0. The number of aromatic carboxylic acids is 1. The Labute approximate surface area is 156 Å². The van der Waals surface area contributed by atoms with E-state index in [0.29, 0.717) is 0 Å². The molecule has 3 N–H and O–H groups in total. The third kappa shape index (κ3) is 4.09. The van der Waals surface area contributed by atoms with Crippen LogP contribution in [0.5, 0.6) is 0 Å². The van der Waals surface area contributed by atoms with Crippen molar-refractivity contribution in [2.24, 2.45) is 0 Å². The number of nitrogens with zero attached hydrogens (tertiary/aromatic N) is 1. The molecule has 0 aliphatic carbocycles. The molecule has 0 spiro atoms. The molecule has 27 heavy (non-hydrogen) atoms. The zero-order valence-corrected chi connectivity index (χ0v) is 14.6. The maximum absolute atomic E-state index is 15.2. The Bertz CT molecular complexity index is 812. The summed E-state index contributed by atoms with van der Waals surface area (Å²) in [5.41, 5.74) is -0.239. The van der Waals surface area contributed by atoms with Crippen LogP contribution in [0.4, 0.5) is 9.18 Å². The molecule has 6 nitrogen and oxygen atoms in total. The number of aliphatic hydroxyl groups is 1. The molecule has 2 unspecified atom stereocenters. The maximum atomic E-state index is 15.2. The molecular formula is C20H21FN2O4. The lowest BCUT2D eigenvalue weighted by Crippen LogP contribution is -2.41. The second kappa shape index (κ2) is 7.75. The SMILES string of the molecule is O=C(O)c1ccc(CNC(=O)N2CC(c3ccccc3)C(F)(CO)C2)cc1. The maximum Gasteiger partial charge on any atom is 0.335 e. The number of benzene rings is 2. The van der Waals surface area contributed by atoms with Crippen LogP contribution in [0.15, 0.2) is 54.6 Å². The fraction of sp³-hybridized carbons (Fsp3) is 0.300. The van der Waals surface area contributed by atoms with Crippen molar-refractivity contribution in [3.63, 3.8) is 0 Å². The van der Waals surface area contributed by atoms with Crippen LogP contribution in [0.25, 0.3) is 0 Å². The van der Waals surface area contributed by atoms with E-state index in [1.807, 2.05) is 6.07 Å². The van der Waals surface area contributed by atoms with E-state index in [4.69, 9.17) is 5.11 Å². The lowest BCUT2D eigenvalue weighted by atomic mass is 9.87. The van der Waals surface area contributed by atoms with E-state index in [2.05, 4.69) is 5.32 Å². The Balaban J connectivity index is 1.64. The number of halogens is 1. The van der Waals surface area contributed by atoms with Gasteiger partial charge in [0, 0.05) is 19.0 Å². The first-order chi connectivity index (χ1) is 12.9. The van der Waals surface area contributed by atoms with Crippen molar-refractivity contribution in [2.45, 2.75) is 18.1 Å². The van der Waals surface area contributed by atoms with E-state index in [1.54, 1.807) is 36.4 Å². The zero-order valence-electron chi connectivity index (χ0n) is 14.6. The highest BCUT2D eigenvalue weighted by atomic mass is 19.1. The summed E-state index contributed by atoms with van der Waals surface area (Å²) in [6.07, 6.45) is 0. The summed E-state index contributed by atoms with van der Waals surface area (Å²) in [6.45, 7) is -0.478. The molecule has 1 saturated heterocycles. The number of carbonyl (C=O) groups excluding carboxylic acids is 1. The monoisotopic (exact) mass is 372 g/mol. The molecule has 1 aliphatic heterocycles. The number of carboxylic acids is 1. The van der Waals surface area contributed by atoms with Gasteiger partial charge < -0.3 is 20.4 Å². The van der Waals surface area contributed by atoms with Crippen molar-refractivity contribution in [3.05, 3.63) is 71.3 Å². The second-order valence-corrected chi connectivity index (χ2v) is 6.70. The van der Waals surface area contributed by atoms with Crippen LogP contribution in [-0.2, 0) is 6.54 Å². The van der Waals surface area contributed by atoms with Gasteiger partial charge in [0.2, 0.25) is 0 Å². The molecule has 2 amide bonds. The summed E-state index contributed by atoms with van der Waals surface area (Å²) < 4.78 is 15.2. The van der Waals surface area contributed by atoms with Crippen LogP contribution in [0.3, 0.4) is 0 Å². The standard InChI is InChI=1S/C20H21FN2O4/c21-20(13-24)12-23(11-17(20)15-4-2-1-3-5-15)19(27)22-10-14-6-8-16(9-7-14)18(25)26/h1-9,17,24H,10-13H2,(H,22,27)(H,25,26). The Morgan fingerprint density at radius 3 is 2.41 bits per heavy atom. The average molecular weight is 372 g/mol. The second-order valence-electron chi connectivity index (χ2n) is 6.70. The van der Waals surface area contributed by atoms with E-state index in [0.717, 1.165) is 11.1 Å². The summed E-state index contributed by atoms with van der Waals surface area (Å²) in [7, 11) is 0. The molecule has 0 bridgehead atoms. The minimum absolute atomic E-state index is 0.167. The van der Waals surface area contributed by atoms with Gasteiger partial charge in [0.25, 0.3) is 0 Å². The molecule has 2 aromatic carbocycles. The van der Waals surface area contributed by atoms with Crippen molar-refractivity contribution < 1.29 is 24.2 Å². The number of rotatable bonds is 5. The molecule has 2 atom stereocenters. The van der Waals surface area contributed by atoms with Crippen LogP contribution in [0.1, 0.15) is 27.4 Å². The van der Waals surface area contributed by atoms with E-state index in [-0.39, 0.29) is 25.2 Å². The van der Waals surface area contributed by atoms with Gasteiger partial charge in [-0.1, -0.05) is 42.5 Å². The molecule has 0 saturated carbocycles. The summed E-state index contributed by atoms with van der Waals surface area (Å²) in [5, 5.41) is 21.2. The molecule has 3 rings (SSSR count). The van der Waals surface area contributed by atoms with Crippen molar-refractivity contribution in [3.8, 4) is 0 Å². The number of aliphatic hydroxyl groups excluding tert-OH is 1. The molecule has 7 heteroatoms. The molecule has 2 aromatic rings. The third-order valence-corrected chi connectivity index (χ3v) is 4.88. The summed E-state index contributed by atoms with van der Waals surface area (Å²) in [6, 6.07) is 14.8. The first-order valence-corrected chi connectivity index (χ1v) is 8.62. The number of nitrogens with one attached hydrogen (secondary N) is 1. The Kier molecular flexibility index (Phi) is 5.41. The van der Waals surface area contributed by atoms with Gasteiger partial charge in [-0.2, -0.15) is 0 Å². The van der Waals surface area contributed by atoms with E-state index in [9.17, 15) is 14.7 Å². The van der Waals surface area contributed by atoms with E-state index < -0.39 is 30.2 Å². The number of alkyl halides is 1. The van der Waals surface area contributed by atoms with Crippen molar-refractivity contribution in [1.82, 2.24) is 10.2 Å². The number of likely N-dealkylation sites (tertiary alicyclic amines) is 1. The average Bonchev–Trinajstić information content (AvgIpc) is 3.05. The van der Waals surface area contributed by atoms with Gasteiger partial charge in [-0.15, -0.1) is 0 Å². The number of urea groups is 1. The van der Waals surface area contributed by atoms with Crippen molar-refractivity contribution >= 4 is 12.0 Å². The number of carboxylic acid groups (broad SMARTS) is 1. The molecule has 1 fully saturated rings. The Hall–Kier alpha value is -2.93. The lowest BCUT2D eigenvalue weighted by molar-refractivity contribution is 0.0675. The molecule has 142 valence electrons. The van der Waals surface area contributed by atoms with Crippen LogP contribution < -0.4 is 5.32 Å². The Morgan fingerprint density at radius 1 is 1.15 bits per heavy atom. The van der Waals surface area contributed by atoms with Crippen molar-refractivity contribution in [2.75, 3.05) is 19.7 Å². The fourth-order valence-corrected chi connectivity index (χ4v) is 3.34. The van der Waals surface area contributed by atoms with Crippen LogP contribution in [-0.4, -0.2) is 52.5 Å². The third-order valence-electron chi connectivity index (χ3n) is 4.88. The van der Waals surface area contributed by atoms with Crippen LogP contribution in [0, 0.1) is 0 Å². The van der Waals surface area contributed by atoms with Gasteiger partial charge in [0.1, 0.15) is 0 Å². The van der Waals surface area contributed by atoms with Gasteiger partial charge >= 0.3 is 12.0 Å². The van der Waals surface area contributed by atoms with Gasteiger partial charge in [0.05, 0.1) is 18.7 Å². The predicted molar refractivity (Wildman–Crippen MR) is 97.3 cm³/mol. The molecular weight excluding hydrogens is 351 g/mol. The van der Waals surface area contributed by atoms with Crippen LogP contribution in [0.2, 0.25) is 0 Å². The largest absolute Gasteiger partial charge is 0.478 e. The minimum Gasteiger partial charge on any atom is -0.478 e.